The third kappa shape index (κ3) is 4.68. The maximum Gasteiger partial charge on any atom is 0.305 e. The molecule has 2 aromatic rings. The van der Waals surface area contributed by atoms with E-state index in [0.29, 0.717) is 11.3 Å². The predicted molar refractivity (Wildman–Crippen MR) is 79.3 cm³/mol. The lowest BCUT2D eigenvalue weighted by molar-refractivity contribution is -0.137. The molecule has 22 heavy (non-hydrogen) atoms. The van der Waals surface area contributed by atoms with Crippen LogP contribution in [0.25, 0.3) is 0 Å². The molecule has 0 bridgehead atoms. The maximum atomic E-state index is 13.5. The zero-order valence-electron chi connectivity index (χ0n) is 11.3. The summed E-state index contributed by atoms with van der Waals surface area (Å²) in [6, 6.07) is 8.65. The number of ether oxygens (including phenoxy) is 1. The molecule has 0 amide bonds. The summed E-state index contributed by atoms with van der Waals surface area (Å²) in [6.45, 7) is 0. The van der Waals surface area contributed by atoms with Crippen molar-refractivity contribution in [3.8, 4) is 11.5 Å². The molecule has 0 saturated carbocycles. The van der Waals surface area contributed by atoms with Gasteiger partial charge in [0, 0.05) is 12.1 Å². The van der Waals surface area contributed by atoms with Gasteiger partial charge in [0.2, 0.25) is 0 Å². The van der Waals surface area contributed by atoms with E-state index in [9.17, 15) is 13.6 Å². The molecular weight excluding hydrogens is 316 g/mol. The van der Waals surface area contributed by atoms with Gasteiger partial charge in [-0.3, -0.25) is 4.79 Å². The summed E-state index contributed by atoms with van der Waals surface area (Å²) in [5.41, 5.74) is 6.30. The van der Waals surface area contributed by atoms with Gasteiger partial charge in [-0.15, -0.1) is 12.4 Å². The maximum absolute atomic E-state index is 13.5. The Labute approximate surface area is 131 Å². The lowest BCUT2D eigenvalue weighted by atomic mass is 10.0. The quantitative estimate of drug-likeness (QED) is 0.878. The van der Waals surface area contributed by atoms with Crippen LogP contribution < -0.4 is 10.5 Å². The van der Waals surface area contributed by atoms with E-state index in [1.54, 1.807) is 18.2 Å². The highest BCUT2D eigenvalue weighted by Crippen LogP contribution is 2.27. The van der Waals surface area contributed by atoms with Crippen molar-refractivity contribution in [3.05, 3.63) is 59.7 Å². The van der Waals surface area contributed by atoms with E-state index in [-0.39, 0.29) is 24.6 Å². The van der Waals surface area contributed by atoms with Crippen molar-refractivity contribution in [2.24, 2.45) is 5.73 Å². The van der Waals surface area contributed by atoms with Gasteiger partial charge >= 0.3 is 5.97 Å². The van der Waals surface area contributed by atoms with Gasteiger partial charge < -0.3 is 15.6 Å². The fraction of sp³-hybridized carbons (Fsp3) is 0.133. The predicted octanol–water partition coefficient (Wildman–Crippen LogP) is 3.65. The van der Waals surface area contributed by atoms with Crippen molar-refractivity contribution < 1.29 is 23.4 Å². The van der Waals surface area contributed by atoms with E-state index in [1.807, 2.05) is 0 Å². The third-order valence-electron chi connectivity index (χ3n) is 2.80. The lowest BCUT2D eigenvalue weighted by Gasteiger charge is -2.12. The number of aliphatic carboxylic acids is 1. The Morgan fingerprint density at radius 3 is 2.59 bits per heavy atom. The minimum absolute atomic E-state index is 0. The first-order valence-corrected chi connectivity index (χ1v) is 6.16. The van der Waals surface area contributed by atoms with E-state index < -0.39 is 23.6 Å². The van der Waals surface area contributed by atoms with Crippen molar-refractivity contribution >= 4 is 18.4 Å². The van der Waals surface area contributed by atoms with E-state index >= 15 is 0 Å². The molecule has 7 heteroatoms. The molecule has 0 heterocycles. The molecule has 0 unspecified atom stereocenters. The minimum Gasteiger partial charge on any atom is -0.481 e. The van der Waals surface area contributed by atoms with E-state index in [2.05, 4.69) is 0 Å². The van der Waals surface area contributed by atoms with Gasteiger partial charge in [0.15, 0.2) is 11.6 Å². The molecule has 1 atom stereocenters. The number of hydrogen-bond acceptors (Lipinski definition) is 3. The summed E-state index contributed by atoms with van der Waals surface area (Å²) < 4.78 is 31.6. The first-order chi connectivity index (χ1) is 9.95. The van der Waals surface area contributed by atoms with Gasteiger partial charge in [-0.1, -0.05) is 12.1 Å². The van der Waals surface area contributed by atoms with Gasteiger partial charge in [-0.05, 0) is 29.8 Å². The Bertz CT molecular complexity index is 667. The van der Waals surface area contributed by atoms with Crippen LogP contribution in [0.1, 0.15) is 18.0 Å². The number of carboxylic acids is 1. The van der Waals surface area contributed by atoms with Crippen LogP contribution in [0.3, 0.4) is 0 Å². The Morgan fingerprint density at radius 1 is 1.23 bits per heavy atom. The SMILES string of the molecule is Cl.N[C@@H](CC(=O)O)c1cccc(Oc2ccc(F)cc2F)c1. The highest BCUT2D eigenvalue weighted by molar-refractivity contribution is 5.85. The molecule has 0 aliphatic rings. The van der Waals surface area contributed by atoms with Crippen molar-refractivity contribution in [2.45, 2.75) is 12.5 Å². The van der Waals surface area contributed by atoms with Crippen LogP contribution in [0.15, 0.2) is 42.5 Å². The molecule has 0 saturated heterocycles. The molecule has 0 radical (unpaired) electrons. The number of carboxylic acid groups (broad SMARTS) is 1. The first kappa shape index (κ1) is 17.9. The number of hydrogen-bond donors (Lipinski definition) is 2. The molecule has 4 nitrogen and oxygen atoms in total. The standard InChI is InChI=1S/C15H13F2NO3.ClH/c16-10-4-5-14(12(17)7-10)21-11-3-1-2-9(6-11)13(18)8-15(19)20;/h1-7,13H,8,18H2,(H,19,20);1H/t13-;/m0./s1. The largest absolute Gasteiger partial charge is 0.481 e. The zero-order valence-corrected chi connectivity index (χ0v) is 12.1. The van der Waals surface area contributed by atoms with E-state index in [0.717, 1.165) is 12.1 Å². The summed E-state index contributed by atoms with van der Waals surface area (Å²) in [4.78, 5) is 10.6. The Hall–Kier alpha value is -2.18. The van der Waals surface area contributed by atoms with Gasteiger partial charge in [0.05, 0.1) is 6.42 Å². The zero-order chi connectivity index (χ0) is 15.4. The van der Waals surface area contributed by atoms with Crippen molar-refractivity contribution in [3.63, 3.8) is 0 Å². The summed E-state index contributed by atoms with van der Waals surface area (Å²) in [5, 5.41) is 8.72. The number of benzene rings is 2. The summed E-state index contributed by atoms with van der Waals surface area (Å²) in [7, 11) is 0. The fourth-order valence-electron chi connectivity index (χ4n) is 1.80. The van der Waals surface area contributed by atoms with Gasteiger partial charge in [0.1, 0.15) is 11.6 Å². The summed E-state index contributed by atoms with van der Waals surface area (Å²) >= 11 is 0. The topological polar surface area (TPSA) is 72.6 Å². The van der Waals surface area contributed by atoms with Crippen LogP contribution >= 0.6 is 12.4 Å². The second-order valence-corrected chi connectivity index (χ2v) is 4.45. The number of rotatable bonds is 5. The second kappa shape index (κ2) is 7.72. The molecule has 2 aromatic carbocycles. The third-order valence-corrected chi connectivity index (χ3v) is 2.80. The number of nitrogens with two attached hydrogens (primary N) is 1. The van der Waals surface area contributed by atoms with Crippen LogP contribution in [0, 0.1) is 11.6 Å². The molecule has 118 valence electrons. The molecule has 0 spiro atoms. The highest BCUT2D eigenvalue weighted by atomic mass is 35.5. The minimum atomic E-state index is -1.02. The smallest absolute Gasteiger partial charge is 0.305 e. The van der Waals surface area contributed by atoms with Gasteiger partial charge in [-0.25, -0.2) is 8.78 Å². The molecule has 3 N–H and O–H groups in total. The monoisotopic (exact) mass is 329 g/mol. The van der Waals surface area contributed by atoms with Crippen molar-refractivity contribution in [1.82, 2.24) is 0 Å². The summed E-state index contributed by atoms with van der Waals surface area (Å²) in [5.74, 6) is -2.37. The lowest BCUT2D eigenvalue weighted by Crippen LogP contribution is -2.14. The average molecular weight is 330 g/mol. The molecular formula is C15H14ClF2NO3. The van der Waals surface area contributed by atoms with Crippen LogP contribution in [-0.2, 0) is 4.79 Å². The Morgan fingerprint density at radius 2 is 1.95 bits per heavy atom. The summed E-state index contributed by atoms with van der Waals surface area (Å²) in [6.07, 6.45) is -0.228. The van der Waals surface area contributed by atoms with Gasteiger partial charge in [-0.2, -0.15) is 0 Å². The highest BCUT2D eigenvalue weighted by Gasteiger charge is 2.12. The van der Waals surface area contributed by atoms with Crippen LogP contribution in [0.4, 0.5) is 8.78 Å². The van der Waals surface area contributed by atoms with Crippen LogP contribution in [0.2, 0.25) is 0 Å². The van der Waals surface area contributed by atoms with Crippen LogP contribution in [-0.4, -0.2) is 11.1 Å². The molecule has 0 aromatic heterocycles. The second-order valence-electron chi connectivity index (χ2n) is 4.45. The Balaban J connectivity index is 0.00000242. The number of halogens is 3. The normalized spacial score (nSPS) is 11.4. The van der Waals surface area contributed by atoms with E-state index in [1.165, 1.54) is 12.1 Å². The molecule has 0 aliphatic heterocycles. The van der Waals surface area contributed by atoms with Crippen molar-refractivity contribution in [1.29, 1.82) is 0 Å². The van der Waals surface area contributed by atoms with Crippen LogP contribution in [0.5, 0.6) is 11.5 Å². The first-order valence-electron chi connectivity index (χ1n) is 6.16. The van der Waals surface area contributed by atoms with Crippen molar-refractivity contribution in [2.75, 3.05) is 0 Å². The molecule has 2 rings (SSSR count). The Kier molecular flexibility index (Phi) is 6.27. The molecule has 0 aliphatic carbocycles. The van der Waals surface area contributed by atoms with E-state index in [4.69, 9.17) is 15.6 Å². The van der Waals surface area contributed by atoms with Gasteiger partial charge in [0.25, 0.3) is 0 Å². The number of carbonyl (C=O) groups is 1. The molecule has 0 fully saturated rings. The average Bonchev–Trinajstić information content (AvgIpc) is 2.41. The fourth-order valence-corrected chi connectivity index (χ4v) is 1.80.